The maximum atomic E-state index is 5.74. The Kier molecular flexibility index (Phi) is 13.4. The third kappa shape index (κ3) is 9.35. The fraction of sp³-hybridized carbons (Fsp3) is 0.133. The monoisotopic (exact) mass is 992 g/mol. The molecule has 0 saturated heterocycles. The Morgan fingerprint density at radius 3 is 0.600 bits per heavy atom. The van der Waals surface area contributed by atoms with Gasteiger partial charge < -0.3 is 28.7 Å². The van der Waals surface area contributed by atoms with E-state index in [-0.39, 0.29) is 0 Å². The average Bonchev–Trinajstić information content (AvgIpc) is 4.19. The van der Waals surface area contributed by atoms with E-state index in [9.17, 15) is 0 Å². The first-order chi connectivity index (χ1) is 34.1. The van der Waals surface area contributed by atoms with Crippen LogP contribution in [0.5, 0.6) is 23.0 Å². The molecule has 0 atom stereocenters. The van der Waals surface area contributed by atoms with Crippen LogP contribution in [0.1, 0.15) is 19.5 Å². The van der Waals surface area contributed by atoms with E-state index in [1.807, 2.05) is 0 Å². The average molecular weight is 993 g/mol. The van der Waals surface area contributed by atoms with Crippen molar-refractivity contribution in [1.29, 1.82) is 0 Å². The van der Waals surface area contributed by atoms with E-state index in [0.29, 0.717) is 0 Å². The maximum Gasteiger partial charge on any atom is 0.137 e. The summed E-state index contributed by atoms with van der Waals surface area (Å²) >= 11 is 6.99. The Bertz CT molecular complexity index is 2970. The van der Waals surface area contributed by atoms with Crippen LogP contribution in [0, 0.1) is 27.7 Å². The lowest BCUT2D eigenvalue weighted by atomic mass is 10.0. The van der Waals surface area contributed by atoms with Crippen molar-refractivity contribution in [1.82, 2.24) is 0 Å². The predicted molar refractivity (Wildman–Crippen MR) is 300 cm³/mol. The van der Waals surface area contributed by atoms with Crippen LogP contribution in [0.2, 0.25) is 0 Å². The zero-order valence-corrected chi connectivity index (χ0v) is 43.6. The molecule has 4 heterocycles. The molecular formula is C60H52N2O4S4. The lowest BCUT2D eigenvalue weighted by molar-refractivity contribution is 0.418. The Morgan fingerprint density at radius 1 is 0.257 bits per heavy atom. The molecule has 0 bridgehead atoms. The largest absolute Gasteiger partial charge is 0.495 e. The fourth-order valence-electron chi connectivity index (χ4n) is 8.92. The standard InChI is InChI=1S/C60H52N2O4S4/c1-37-33-53(63-5)57(67-37)43-13-25-49(26-14-43)61(50-27-15-44(16-28-50)58-54(64-6)34-38(2)68-58)47-21-9-41(10-22-47)42-11-23-48(24-12-42)62(51-29-17-45(18-30-51)59-55(65-7)35-39(3)69-59)52-31-19-46(20-32-52)60-56(66-8)36-40(4)70-60/h9-36H,1-8H3. The molecule has 70 heavy (non-hydrogen) atoms. The summed E-state index contributed by atoms with van der Waals surface area (Å²) in [6.45, 7) is 8.47. The second-order valence-corrected chi connectivity index (χ2v) is 22.0. The molecule has 0 saturated carbocycles. The predicted octanol–water partition coefficient (Wildman–Crippen LogP) is 18.5. The van der Waals surface area contributed by atoms with E-state index in [2.05, 4.69) is 207 Å². The van der Waals surface area contributed by atoms with Gasteiger partial charge in [0.05, 0.1) is 47.9 Å². The molecule has 10 heteroatoms. The molecule has 0 aliphatic carbocycles. The molecule has 0 radical (unpaired) electrons. The lowest BCUT2D eigenvalue weighted by Crippen LogP contribution is -2.10. The smallest absolute Gasteiger partial charge is 0.137 e. The van der Waals surface area contributed by atoms with Gasteiger partial charge in [-0.2, -0.15) is 0 Å². The quantitative estimate of drug-likeness (QED) is 0.102. The Labute approximate surface area is 426 Å². The van der Waals surface area contributed by atoms with E-state index >= 15 is 0 Å². The van der Waals surface area contributed by atoms with Gasteiger partial charge in [-0.15, -0.1) is 45.3 Å². The lowest BCUT2D eigenvalue weighted by Gasteiger charge is -2.27. The highest BCUT2D eigenvalue weighted by Crippen LogP contribution is 2.46. The van der Waals surface area contributed by atoms with Crippen molar-refractivity contribution < 1.29 is 18.9 Å². The minimum atomic E-state index is 0.901. The molecule has 0 aliphatic rings. The molecule has 4 aromatic heterocycles. The van der Waals surface area contributed by atoms with Gasteiger partial charge in [0.25, 0.3) is 0 Å². The molecular weight excluding hydrogens is 941 g/mol. The molecule has 350 valence electrons. The van der Waals surface area contributed by atoms with Crippen molar-refractivity contribution in [2.75, 3.05) is 38.2 Å². The number of benzene rings is 6. The number of hydrogen-bond donors (Lipinski definition) is 0. The summed E-state index contributed by atoms with van der Waals surface area (Å²) < 4.78 is 23.0. The second kappa shape index (κ2) is 20.1. The number of anilines is 6. The van der Waals surface area contributed by atoms with E-state index < -0.39 is 0 Å². The molecule has 0 N–H and O–H groups in total. The number of thiophene rings is 4. The van der Waals surface area contributed by atoms with E-state index in [0.717, 1.165) is 110 Å². The van der Waals surface area contributed by atoms with Gasteiger partial charge in [-0.3, -0.25) is 0 Å². The van der Waals surface area contributed by atoms with Crippen LogP contribution in [-0.4, -0.2) is 28.4 Å². The molecule has 10 rings (SSSR count). The first-order valence-electron chi connectivity index (χ1n) is 22.9. The number of rotatable bonds is 15. The van der Waals surface area contributed by atoms with Gasteiger partial charge in [-0.25, -0.2) is 0 Å². The van der Waals surface area contributed by atoms with Gasteiger partial charge in [0.2, 0.25) is 0 Å². The van der Waals surface area contributed by atoms with Crippen molar-refractivity contribution >= 4 is 79.5 Å². The van der Waals surface area contributed by atoms with Crippen LogP contribution in [-0.2, 0) is 0 Å². The number of nitrogens with zero attached hydrogens (tertiary/aromatic N) is 2. The molecule has 10 aromatic rings. The zero-order valence-electron chi connectivity index (χ0n) is 40.3. The molecule has 0 unspecified atom stereocenters. The summed E-state index contributed by atoms with van der Waals surface area (Å²) in [4.78, 5) is 14.0. The molecule has 0 amide bonds. The summed E-state index contributed by atoms with van der Waals surface area (Å²) in [6.07, 6.45) is 0. The van der Waals surface area contributed by atoms with Crippen molar-refractivity contribution in [2.45, 2.75) is 27.7 Å². The Hall–Kier alpha value is -7.08. The molecule has 0 fully saturated rings. The normalized spacial score (nSPS) is 11.1. The number of aryl methyl sites for hydroxylation is 4. The van der Waals surface area contributed by atoms with Crippen LogP contribution in [0.25, 0.3) is 52.9 Å². The number of ether oxygens (including phenoxy) is 4. The highest BCUT2D eigenvalue weighted by molar-refractivity contribution is 7.16. The van der Waals surface area contributed by atoms with Crippen LogP contribution in [0.15, 0.2) is 170 Å². The fourth-order valence-corrected chi connectivity index (χ4v) is 12.9. The van der Waals surface area contributed by atoms with Crippen molar-refractivity contribution in [3.63, 3.8) is 0 Å². The van der Waals surface area contributed by atoms with Gasteiger partial charge in [0, 0.05) is 53.6 Å². The first kappa shape index (κ1) is 46.6. The van der Waals surface area contributed by atoms with Crippen molar-refractivity contribution in [2.24, 2.45) is 0 Å². The van der Waals surface area contributed by atoms with Crippen molar-refractivity contribution in [3.8, 4) is 75.9 Å². The highest BCUT2D eigenvalue weighted by atomic mass is 32.1. The minimum absolute atomic E-state index is 0.901. The second-order valence-electron chi connectivity index (χ2n) is 17.0. The molecule has 0 spiro atoms. The molecule has 0 aliphatic heterocycles. The number of hydrogen-bond acceptors (Lipinski definition) is 10. The van der Waals surface area contributed by atoms with Crippen LogP contribution in [0.4, 0.5) is 34.1 Å². The van der Waals surface area contributed by atoms with E-state index in [1.165, 1.54) is 19.5 Å². The third-order valence-electron chi connectivity index (χ3n) is 12.3. The summed E-state index contributed by atoms with van der Waals surface area (Å²) in [5.41, 5.74) is 13.1. The SMILES string of the molecule is COc1cc(C)sc1-c1ccc(N(c2ccc(-c3ccc(N(c4ccc(-c5sc(C)cc5OC)cc4)c4ccc(-c5sc(C)cc5OC)cc4)cc3)cc2)c2ccc(-c3sc(C)cc3OC)cc2)cc1. The maximum absolute atomic E-state index is 5.74. The van der Waals surface area contributed by atoms with Gasteiger partial charge in [-0.05, 0) is 158 Å². The summed E-state index contributed by atoms with van der Waals surface area (Å²) in [7, 11) is 6.95. The van der Waals surface area contributed by atoms with E-state index in [1.54, 1.807) is 73.8 Å². The van der Waals surface area contributed by atoms with Gasteiger partial charge in [0.15, 0.2) is 0 Å². The minimum Gasteiger partial charge on any atom is -0.495 e. The first-order valence-corrected chi connectivity index (χ1v) is 26.2. The van der Waals surface area contributed by atoms with Crippen LogP contribution >= 0.6 is 45.3 Å². The van der Waals surface area contributed by atoms with Gasteiger partial charge in [-0.1, -0.05) is 72.8 Å². The Morgan fingerprint density at radius 2 is 0.429 bits per heavy atom. The molecule has 6 aromatic carbocycles. The van der Waals surface area contributed by atoms with Gasteiger partial charge >= 0.3 is 0 Å². The van der Waals surface area contributed by atoms with Gasteiger partial charge in [0.1, 0.15) is 23.0 Å². The zero-order chi connectivity index (χ0) is 48.5. The Balaban J connectivity index is 0.975. The van der Waals surface area contributed by atoms with Crippen LogP contribution in [0.3, 0.4) is 0 Å². The van der Waals surface area contributed by atoms with Crippen LogP contribution < -0.4 is 28.7 Å². The van der Waals surface area contributed by atoms with E-state index in [4.69, 9.17) is 18.9 Å². The summed E-state index contributed by atoms with van der Waals surface area (Å²) in [5, 5.41) is 0. The number of methoxy groups -OCH3 is 4. The summed E-state index contributed by atoms with van der Waals surface area (Å²) in [6, 6.07) is 61.2. The third-order valence-corrected chi connectivity index (χ3v) is 16.6. The topological polar surface area (TPSA) is 43.4 Å². The highest BCUT2D eigenvalue weighted by Gasteiger charge is 2.20. The summed E-state index contributed by atoms with van der Waals surface area (Å²) in [5.74, 6) is 3.60. The molecule has 6 nitrogen and oxygen atoms in total. The van der Waals surface area contributed by atoms with Crippen molar-refractivity contribution in [3.05, 3.63) is 189 Å².